The van der Waals surface area contributed by atoms with Gasteiger partial charge in [-0.15, -0.1) is 0 Å². The third-order valence-corrected chi connectivity index (χ3v) is 3.26. The van der Waals surface area contributed by atoms with Gasteiger partial charge in [-0.25, -0.2) is 4.52 Å². The van der Waals surface area contributed by atoms with Gasteiger partial charge in [0.25, 0.3) is 0 Å². The summed E-state index contributed by atoms with van der Waals surface area (Å²) in [5.74, 6) is 0. The zero-order valence-electron chi connectivity index (χ0n) is 10.2. The van der Waals surface area contributed by atoms with Crippen LogP contribution in [0, 0.1) is 6.92 Å². The van der Waals surface area contributed by atoms with Crippen molar-refractivity contribution in [3.8, 4) is 0 Å². The lowest BCUT2D eigenvalue weighted by molar-refractivity contribution is 0.230. The molecule has 0 aromatic carbocycles. The van der Waals surface area contributed by atoms with E-state index in [1.165, 1.54) is 11.1 Å². The molecular weight excluding hydrogens is 212 g/mol. The monoisotopic (exact) mass is 230 g/mol. The molecule has 4 heteroatoms. The Balaban J connectivity index is 1.80. The van der Waals surface area contributed by atoms with Crippen molar-refractivity contribution in [1.82, 2.24) is 19.8 Å². The minimum Gasteiger partial charge on any atom is -0.314 e. The topological polar surface area (TPSA) is 32.6 Å². The number of fused-ring (bicyclic) bond motifs is 1. The third-order valence-electron chi connectivity index (χ3n) is 3.26. The first kappa shape index (κ1) is 10.7. The summed E-state index contributed by atoms with van der Waals surface area (Å²) in [5, 5.41) is 7.97. The van der Waals surface area contributed by atoms with Crippen LogP contribution < -0.4 is 5.32 Å². The Morgan fingerprint density at radius 2 is 2.12 bits per heavy atom. The first-order valence-electron chi connectivity index (χ1n) is 6.19. The van der Waals surface area contributed by atoms with Crippen molar-refractivity contribution in [3.05, 3.63) is 35.7 Å². The van der Waals surface area contributed by atoms with Crippen LogP contribution in [0.2, 0.25) is 0 Å². The number of nitrogens with one attached hydrogen (secondary N) is 1. The van der Waals surface area contributed by atoms with Crippen molar-refractivity contribution in [1.29, 1.82) is 0 Å². The number of rotatable bonds is 2. The minimum atomic E-state index is 0.961. The highest BCUT2D eigenvalue weighted by Gasteiger charge is 2.11. The lowest BCUT2D eigenvalue weighted by Crippen LogP contribution is -2.42. The average molecular weight is 230 g/mol. The summed E-state index contributed by atoms with van der Waals surface area (Å²) in [6.45, 7) is 7.49. The molecule has 0 atom stereocenters. The normalized spacial score (nSPS) is 17.7. The third kappa shape index (κ3) is 2.33. The SMILES string of the molecule is Cc1ccn2nc(CN3CCNCC3)cc2c1. The molecule has 2 aromatic rings. The van der Waals surface area contributed by atoms with Gasteiger partial charge >= 0.3 is 0 Å². The number of aromatic nitrogens is 2. The predicted octanol–water partition coefficient (Wildman–Crippen LogP) is 1.05. The number of nitrogens with zero attached hydrogens (tertiary/aromatic N) is 3. The number of pyridine rings is 1. The van der Waals surface area contributed by atoms with E-state index in [0.29, 0.717) is 0 Å². The van der Waals surface area contributed by atoms with Crippen LogP contribution in [0.4, 0.5) is 0 Å². The molecule has 17 heavy (non-hydrogen) atoms. The van der Waals surface area contributed by atoms with E-state index in [1.54, 1.807) is 0 Å². The van der Waals surface area contributed by atoms with Gasteiger partial charge in [-0.1, -0.05) is 0 Å². The van der Waals surface area contributed by atoms with E-state index in [9.17, 15) is 0 Å². The highest BCUT2D eigenvalue weighted by molar-refractivity contribution is 5.49. The molecule has 0 spiro atoms. The minimum absolute atomic E-state index is 0.961. The van der Waals surface area contributed by atoms with Gasteiger partial charge in [-0.2, -0.15) is 5.10 Å². The van der Waals surface area contributed by atoms with Crippen molar-refractivity contribution >= 4 is 5.52 Å². The molecule has 0 aliphatic carbocycles. The first-order valence-corrected chi connectivity index (χ1v) is 6.19. The molecule has 2 aromatic heterocycles. The van der Waals surface area contributed by atoms with Crippen LogP contribution in [0.1, 0.15) is 11.3 Å². The molecule has 3 rings (SSSR count). The van der Waals surface area contributed by atoms with Gasteiger partial charge in [0.2, 0.25) is 0 Å². The van der Waals surface area contributed by atoms with E-state index in [1.807, 2.05) is 10.7 Å². The van der Waals surface area contributed by atoms with E-state index in [4.69, 9.17) is 0 Å². The Morgan fingerprint density at radius 3 is 2.94 bits per heavy atom. The molecule has 1 fully saturated rings. The largest absolute Gasteiger partial charge is 0.314 e. The Kier molecular flexibility index (Phi) is 2.82. The maximum absolute atomic E-state index is 4.60. The van der Waals surface area contributed by atoms with Gasteiger partial charge in [0.15, 0.2) is 0 Å². The lowest BCUT2D eigenvalue weighted by Gasteiger charge is -2.26. The van der Waals surface area contributed by atoms with Gasteiger partial charge in [0.1, 0.15) is 0 Å². The second-order valence-electron chi connectivity index (χ2n) is 4.74. The van der Waals surface area contributed by atoms with Crippen molar-refractivity contribution in [2.75, 3.05) is 26.2 Å². The van der Waals surface area contributed by atoms with E-state index in [0.717, 1.165) is 38.4 Å². The summed E-state index contributed by atoms with van der Waals surface area (Å²) >= 11 is 0. The number of aryl methyl sites for hydroxylation is 1. The zero-order valence-corrected chi connectivity index (χ0v) is 10.2. The maximum atomic E-state index is 4.60. The highest BCUT2D eigenvalue weighted by Crippen LogP contribution is 2.10. The molecule has 0 amide bonds. The van der Waals surface area contributed by atoms with Crippen LogP contribution in [0.15, 0.2) is 24.4 Å². The van der Waals surface area contributed by atoms with E-state index >= 15 is 0 Å². The van der Waals surface area contributed by atoms with Crippen molar-refractivity contribution in [2.24, 2.45) is 0 Å². The molecule has 4 nitrogen and oxygen atoms in total. The molecule has 1 aliphatic rings. The van der Waals surface area contributed by atoms with Gasteiger partial charge in [0.05, 0.1) is 11.2 Å². The molecule has 0 bridgehead atoms. The molecule has 1 aliphatic heterocycles. The van der Waals surface area contributed by atoms with Crippen molar-refractivity contribution in [3.63, 3.8) is 0 Å². The molecule has 0 unspecified atom stereocenters. The number of piperazine rings is 1. The van der Waals surface area contributed by atoms with Crippen LogP contribution in [-0.4, -0.2) is 40.7 Å². The van der Waals surface area contributed by atoms with Crippen LogP contribution in [0.3, 0.4) is 0 Å². The Labute approximate surface area is 101 Å². The van der Waals surface area contributed by atoms with E-state index in [-0.39, 0.29) is 0 Å². The molecule has 90 valence electrons. The van der Waals surface area contributed by atoms with Crippen LogP contribution >= 0.6 is 0 Å². The zero-order chi connectivity index (χ0) is 11.7. The maximum Gasteiger partial charge on any atom is 0.0775 e. The second kappa shape index (κ2) is 4.47. The average Bonchev–Trinajstić information content (AvgIpc) is 2.71. The standard InChI is InChI=1S/C13H18N4/c1-11-2-5-17-13(8-11)9-12(15-17)10-16-6-3-14-4-7-16/h2,5,8-9,14H,3-4,6-7,10H2,1H3. The van der Waals surface area contributed by atoms with Crippen molar-refractivity contribution < 1.29 is 0 Å². The molecule has 3 heterocycles. The Bertz CT molecular complexity index is 511. The lowest BCUT2D eigenvalue weighted by atomic mass is 10.2. The summed E-state index contributed by atoms with van der Waals surface area (Å²) in [4.78, 5) is 2.45. The van der Waals surface area contributed by atoms with Gasteiger partial charge < -0.3 is 5.32 Å². The fourth-order valence-corrected chi connectivity index (χ4v) is 2.33. The Hall–Kier alpha value is -1.39. The Morgan fingerprint density at radius 1 is 1.29 bits per heavy atom. The number of hydrogen-bond acceptors (Lipinski definition) is 3. The van der Waals surface area contributed by atoms with E-state index < -0.39 is 0 Å². The summed E-state index contributed by atoms with van der Waals surface area (Å²) in [7, 11) is 0. The molecule has 1 N–H and O–H groups in total. The van der Waals surface area contributed by atoms with Gasteiger partial charge in [-0.05, 0) is 30.7 Å². The summed E-state index contributed by atoms with van der Waals surface area (Å²) in [5.41, 5.74) is 3.64. The number of hydrogen-bond donors (Lipinski definition) is 1. The fraction of sp³-hybridized carbons (Fsp3) is 0.462. The summed E-state index contributed by atoms with van der Waals surface area (Å²) in [6.07, 6.45) is 2.03. The van der Waals surface area contributed by atoms with E-state index in [2.05, 4.69) is 40.4 Å². The van der Waals surface area contributed by atoms with Crippen molar-refractivity contribution in [2.45, 2.75) is 13.5 Å². The fourth-order valence-electron chi connectivity index (χ4n) is 2.33. The molecular formula is C13H18N4. The molecule has 0 saturated carbocycles. The van der Waals surface area contributed by atoms with Gasteiger partial charge in [0, 0.05) is 38.9 Å². The molecule has 1 saturated heterocycles. The smallest absolute Gasteiger partial charge is 0.0775 e. The quantitative estimate of drug-likeness (QED) is 0.837. The van der Waals surface area contributed by atoms with Crippen LogP contribution in [0.5, 0.6) is 0 Å². The van der Waals surface area contributed by atoms with Crippen LogP contribution in [-0.2, 0) is 6.54 Å². The van der Waals surface area contributed by atoms with Gasteiger partial charge in [-0.3, -0.25) is 4.90 Å². The second-order valence-corrected chi connectivity index (χ2v) is 4.74. The molecule has 0 radical (unpaired) electrons. The highest BCUT2D eigenvalue weighted by atomic mass is 15.2. The summed E-state index contributed by atoms with van der Waals surface area (Å²) in [6, 6.07) is 6.46. The first-order chi connectivity index (χ1) is 8.31. The predicted molar refractivity (Wildman–Crippen MR) is 68.1 cm³/mol. The van der Waals surface area contributed by atoms with Crippen LogP contribution in [0.25, 0.3) is 5.52 Å². The summed E-state index contributed by atoms with van der Waals surface area (Å²) < 4.78 is 1.96.